The Morgan fingerprint density at radius 3 is 2.32 bits per heavy atom. The lowest BCUT2D eigenvalue weighted by atomic mass is 10.1. The molecule has 5 nitrogen and oxygen atoms in total. The van der Waals surface area contributed by atoms with Gasteiger partial charge in [0.15, 0.2) is 0 Å². The fourth-order valence-corrected chi connectivity index (χ4v) is 3.89. The number of hydrogen-bond acceptors (Lipinski definition) is 3. The van der Waals surface area contributed by atoms with Crippen LogP contribution in [-0.4, -0.2) is 14.3 Å². The van der Waals surface area contributed by atoms with Crippen LogP contribution in [0, 0.1) is 6.92 Å². The molecule has 0 spiro atoms. The minimum atomic E-state index is -4.55. The zero-order chi connectivity index (χ0) is 22.6. The van der Waals surface area contributed by atoms with E-state index < -0.39 is 27.7 Å². The number of nitrogens with one attached hydrogen (secondary N) is 2. The summed E-state index contributed by atoms with van der Waals surface area (Å²) in [5.41, 5.74) is 0.338. The molecule has 0 heterocycles. The summed E-state index contributed by atoms with van der Waals surface area (Å²) in [4.78, 5) is 12.5. The molecule has 9 heteroatoms. The van der Waals surface area contributed by atoms with Crippen LogP contribution >= 0.6 is 0 Å². The highest BCUT2D eigenvalue weighted by Gasteiger charge is 2.30. The fourth-order valence-electron chi connectivity index (χ4n) is 2.84. The summed E-state index contributed by atoms with van der Waals surface area (Å²) in [6.07, 6.45) is -4.55. The first-order valence-electron chi connectivity index (χ1n) is 9.19. The Bertz CT molecular complexity index is 1190. The van der Waals surface area contributed by atoms with Crippen LogP contribution in [-0.2, 0) is 22.7 Å². The lowest BCUT2D eigenvalue weighted by molar-refractivity contribution is -0.137. The number of amides is 1. The number of hydrogen-bond donors (Lipinski definition) is 2. The Morgan fingerprint density at radius 2 is 1.65 bits per heavy atom. The molecule has 0 aromatic heterocycles. The molecule has 0 aliphatic carbocycles. The molecule has 0 saturated carbocycles. The van der Waals surface area contributed by atoms with Crippen LogP contribution < -0.4 is 10.0 Å². The van der Waals surface area contributed by atoms with Crippen molar-refractivity contribution in [1.82, 2.24) is 4.72 Å². The fraction of sp³-hybridized carbons (Fsp3) is 0.136. The van der Waals surface area contributed by atoms with Crippen LogP contribution in [0.3, 0.4) is 0 Å². The SMILES string of the molecule is Cc1ccc(S(=O)(=O)NCc2ccccc2)cc1C(=O)Nc1cccc(C(F)(F)F)c1. The second kappa shape index (κ2) is 8.91. The number of halogens is 3. The van der Waals surface area contributed by atoms with E-state index >= 15 is 0 Å². The molecule has 0 aliphatic rings. The van der Waals surface area contributed by atoms with Gasteiger partial charge in [-0.15, -0.1) is 0 Å². The van der Waals surface area contributed by atoms with Gasteiger partial charge in [0, 0.05) is 17.8 Å². The summed E-state index contributed by atoms with van der Waals surface area (Å²) in [5, 5.41) is 2.39. The number of anilines is 1. The van der Waals surface area contributed by atoms with Crippen LogP contribution in [0.25, 0.3) is 0 Å². The van der Waals surface area contributed by atoms with Gasteiger partial charge in [0.2, 0.25) is 10.0 Å². The van der Waals surface area contributed by atoms with Gasteiger partial charge >= 0.3 is 6.18 Å². The van der Waals surface area contributed by atoms with E-state index in [2.05, 4.69) is 10.0 Å². The monoisotopic (exact) mass is 448 g/mol. The van der Waals surface area contributed by atoms with Gasteiger partial charge in [0.05, 0.1) is 10.5 Å². The van der Waals surface area contributed by atoms with Gasteiger partial charge in [-0.05, 0) is 48.4 Å². The van der Waals surface area contributed by atoms with E-state index in [-0.39, 0.29) is 22.7 Å². The minimum Gasteiger partial charge on any atom is -0.322 e. The van der Waals surface area contributed by atoms with Crippen molar-refractivity contribution < 1.29 is 26.4 Å². The molecule has 0 atom stereocenters. The van der Waals surface area contributed by atoms with E-state index in [4.69, 9.17) is 0 Å². The lowest BCUT2D eigenvalue weighted by Gasteiger charge is -2.12. The van der Waals surface area contributed by atoms with Crippen molar-refractivity contribution in [3.05, 3.63) is 95.1 Å². The first-order chi connectivity index (χ1) is 14.6. The Morgan fingerprint density at radius 1 is 0.935 bits per heavy atom. The average Bonchev–Trinajstić information content (AvgIpc) is 2.73. The number of alkyl halides is 3. The zero-order valence-corrected chi connectivity index (χ0v) is 17.2. The Hall–Kier alpha value is -3.17. The summed E-state index contributed by atoms with van der Waals surface area (Å²) < 4.78 is 66.4. The Labute approximate surface area is 178 Å². The Kier molecular flexibility index (Phi) is 6.47. The second-order valence-corrected chi connectivity index (χ2v) is 8.59. The van der Waals surface area contributed by atoms with Gasteiger partial charge < -0.3 is 5.32 Å². The smallest absolute Gasteiger partial charge is 0.322 e. The molecule has 0 bridgehead atoms. The minimum absolute atomic E-state index is 0.0417. The number of carbonyl (C=O) groups excluding carboxylic acids is 1. The van der Waals surface area contributed by atoms with Crippen LogP contribution in [0.15, 0.2) is 77.7 Å². The molecule has 3 rings (SSSR count). The van der Waals surface area contributed by atoms with Gasteiger partial charge in [0.1, 0.15) is 0 Å². The number of sulfonamides is 1. The summed E-state index contributed by atoms with van der Waals surface area (Å²) in [5.74, 6) is -0.711. The van der Waals surface area contributed by atoms with E-state index in [9.17, 15) is 26.4 Å². The highest BCUT2D eigenvalue weighted by atomic mass is 32.2. The normalized spacial score (nSPS) is 11.9. The second-order valence-electron chi connectivity index (χ2n) is 6.82. The molecule has 31 heavy (non-hydrogen) atoms. The van der Waals surface area contributed by atoms with Crippen molar-refractivity contribution in [1.29, 1.82) is 0 Å². The van der Waals surface area contributed by atoms with E-state index in [1.165, 1.54) is 30.3 Å². The van der Waals surface area contributed by atoms with Gasteiger partial charge in [-0.25, -0.2) is 13.1 Å². The molecule has 0 aliphatic heterocycles. The summed E-state index contributed by atoms with van der Waals surface area (Å²) in [7, 11) is -3.91. The maximum atomic E-state index is 12.9. The zero-order valence-electron chi connectivity index (χ0n) is 16.4. The number of carbonyl (C=O) groups is 1. The largest absolute Gasteiger partial charge is 0.416 e. The summed E-state index contributed by atoms with van der Waals surface area (Å²) >= 11 is 0. The average molecular weight is 448 g/mol. The van der Waals surface area contributed by atoms with Crippen molar-refractivity contribution in [3.63, 3.8) is 0 Å². The van der Waals surface area contributed by atoms with Gasteiger partial charge in [0.25, 0.3) is 5.91 Å². The predicted octanol–water partition coefficient (Wildman–Crippen LogP) is 4.74. The maximum absolute atomic E-state index is 12.9. The van der Waals surface area contributed by atoms with Crippen molar-refractivity contribution in [2.24, 2.45) is 0 Å². The van der Waals surface area contributed by atoms with Crippen molar-refractivity contribution in [2.75, 3.05) is 5.32 Å². The number of benzene rings is 3. The van der Waals surface area contributed by atoms with E-state index in [1.807, 2.05) is 6.07 Å². The first kappa shape index (κ1) is 22.5. The van der Waals surface area contributed by atoms with Crippen LogP contribution in [0.5, 0.6) is 0 Å². The quantitative estimate of drug-likeness (QED) is 0.572. The Balaban J connectivity index is 1.81. The highest BCUT2D eigenvalue weighted by molar-refractivity contribution is 7.89. The third kappa shape index (κ3) is 5.71. The van der Waals surface area contributed by atoms with Crippen molar-refractivity contribution in [3.8, 4) is 0 Å². The predicted molar refractivity (Wildman–Crippen MR) is 111 cm³/mol. The van der Waals surface area contributed by atoms with E-state index in [1.54, 1.807) is 31.2 Å². The molecule has 162 valence electrons. The van der Waals surface area contributed by atoms with Gasteiger partial charge in [-0.2, -0.15) is 13.2 Å². The van der Waals surface area contributed by atoms with Crippen LogP contribution in [0.2, 0.25) is 0 Å². The molecule has 3 aromatic carbocycles. The molecule has 2 N–H and O–H groups in total. The first-order valence-corrected chi connectivity index (χ1v) is 10.7. The van der Waals surface area contributed by atoms with Gasteiger partial charge in [-0.1, -0.05) is 42.5 Å². The number of aryl methyl sites for hydroxylation is 1. The highest BCUT2D eigenvalue weighted by Crippen LogP contribution is 2.30. The molecule has 1 amide bonds. The van der Waals surface area contributed by atoms with Crippen LogP contribution in [0.1, 0.15) is 27.0 Å². The van der Waals surface area contributed by atoms with E-state index in [0.29, 0.717) is 5.56 Å². The topological polar surface area (TPSA) is 75.3 Å². The summed E-state index contributed by atoms with van der Waals surface area (Å²) in [6.45, 7) is 1.68. The van der Waals surface area contributed by atoms with Crippen molar-refractivity contribution >= 4 is 21.6 Å². The van der Waals surface area contributed by atoms with Crippen molar-refractivity contribution in [2.45, 2.75) is 24.5 Å². The standard InChI is InChI=1S/C22H19F3N2O3S/c1-15-10-11-19(31(29,30)26-14-16-6-3-2-4-7-16)13-20(15)21(28)27-18-9-5-8-17(12-18)22(23,24)25/h2-13,26H,14H2,1H3,(H,27,28). The summed E-state index contributed by atoms with van der Waals surface area (Å²) in [6, 6.07) is 17.2. The molecule has 0 radical (unpaired) electrons. The van der Waals surface area contributed by atoms with Gasteiger partial charge in [-0.3, -0.25) is 4.79 Å². The molecule has 0 saturated heterocycles. The third-order valence-corrected chi connectivity index (χ3v) is 5.92. The number of rotatable bonds is 6. The molecule has 0 fully saturated rings. The van der Waals surface area contributed by atoms with Crippen LogP contribution in [0.4, 0.5) is 18.9 Å². The van der Waals surface area contributed by atoms with E-state index in [0.717, 1.165) is 17.7 Å². The lowest BCUT2D eigenvalue weighted by Crippen LogP contribution is -2.24. The molecule has 0 unspecified atom stereocenters. The molecular weight excluding hydrogens is 429 g/mol. The molecular formula is C22H19F3N2O3S. The third-order valence-electron chi connectivity index (χ3n) is 4.52. The molecule has 3 aromatic rings. The maximum Gasteiger partial charge on any atom is 0.416 e.